The topological polar surface area (TPSA) is 64.7 Å². The van der Waals surface area contributed by atoms with Crippen LogP contribution in [0.1, 0.15) is 0 Å². The van der Waals surface area contributed by atoms with E-state index in [1.807, 2.05) is 66.9 Å². The van der Waals surface area contributed by atoms with Crippen LogP contribution < -0.4 is 0 Å². The minimum Gasteiger partial charge on any atom is -0.456 e. The standard InChI is InChI=1S/C46H28N4O/c1-2-11-29(12-3-1)44-48-45(31-20-21-40-39-18-8-9-19-42(39)51-43(40)27-31)50-46(49-44)35-24-33(32-14-10-22-47-28-32)23-34(25-35)41-26-30-13-4-5-15-36(30)37-16-6-7-17-38(37)41/h1-28H. The first-order valence-corrected chi connectivity index (χ1v) is 17.0. The van der Waals surface area contributed by atoms with Gasteiger partial charge in [0.2, 0.25) is 0 Å². The van der Waals surface area contributed by atoms with E-state index >= 15 is 0 Å². The third-order valence-corrected chi connectivity index (χ3v) is 9.57. The molecular formula is C46H28N4O. The summed E-state index contributed by atoms with van der Waals surface area (Å²) in [5.41, 5.74) is 8.55. The number of pyridine rings is 1. The lowest BCUT2D eigenvalue weighted by Gasteiger charge is -2.15. The van der Waals surface area contributed by atoms with Gasteiger partial charge in [-0.3, -0.25) is 4.98 Å². The number of para-hydroxylation sites is 1. The smallest absolute Gasteiger partial charge is 0.164 e. The number of nitrogens with zero attached hydrogens (tertiary/aromatic N) is 4. The molecule has 0 bridgehead atoms. The quantitative estimate of drug-likeness (QED) is 0.173. The molecule has 10 rings (SSSR count). The largest absolute Gasteiger partial charge is 0.456 e. The lowest BCUT2D eigenvalue weighted by atomic mass is 9.90. The molecule has 0 N–H and O–H groups in total. The van der Waals surface area contributed by atoms with Gasteiger partial charge in [-0.05, 0) is 86.8 Å². The molecule has 238 valence electrons. The number of benzene rings is 7. The van der Waals surface area contributed by atoms with Gasteiger partial charge in [0.05, 0.1) is 0 Å². The Kier molecular flexibility index (Phi) is 6.74. The van der Waals surface area contributed by atoms with Crippen LogP contribution in [0.3, 0.4) is 0 Å². The third kappa shape index (κ3) is 5.11. The summed E-state index contributed by atoms with van der Waals surface area (Å²) in [6, 6.07) is 54.5. The van der Waals surface area contributed by atoms with Crippen LogP contribution in [0.15, 0.2) is 175 Å². The van der Waals surface area contributed by atoms with E-state index in [9.17, 15) is 0 Å². The van der Waals surface area contributed by atoms with Crippen LogP contribution in [0.5, 0.6) is 0 Å². The van der Waals surface area contributed by atoms with Gasteiger partial charge < -0.3 is 4.42 Å². The maximum Gasteiger partial charge on any atom is 0.164 e. The SMILES string of the molecule is c1ccc(-c2nc(-c3cc(-c4cccnc4)cc(-c4cc5ccccc5c5ccccc45)c3)nc(-c3ccc4c(c3)oc3ccccc34)n2)cc1. The Hall–Kier alpha value is -6.98. The highest BCUT2D eigenvalue weighted by Crippen LogP contribution is 2.39. The van der Waals surface area contributed by atoms with Gasteiger partial charge in [-0.25, -0.2) is 15.0 Å². The molecule has 3 aromatic heterocycles. The van der Waals surface area contributed by atoms with Gasteiger partial charge >= 0.3 is 0 Å². The Labute approximate surface area is 293 Å². The average Bonchev–Trinajstić information content (AvgIpc) is 3.59. The van der Waals surface area contributed by atoms with Crippen molar-refractivity contribution in [3.8, 4) is 56.4 Å². The maximum atomic E-state index is 6.26. The van der Waals surface area contributed by atoms with Gasteiger partial charge in [0.1, 0.15) is 11.2 Å². The minimum atomic E-state index is 0.575. The number of rotatable bonds is 5. The summed E-state index contributed by atoms with van der Waals surface area (Å²) in [4.78, 5) is 19.8. The van der Waals surface area contributed by atoms with Crippen LogP contribution in [0, 0.1) is 0 Å². The fraction of sp³-hybridized carbons (Fsp3) is 0. The highest BCUT2D eigenvalue weighted by atomic mass is 16.3. The predicted octanol–water partition coefficient (Wildman–Crippen LogP) is 11.8. The van der Waals surface area contributed by atoms with E-state index in [-0.39, 0.29) is 0 Å². The zero-order valence-electron chi connectivity index (χ0n) is 27.4. The van der Waals surface area contributed by atoms with Crippen molar-refractivity contribution in [1.29, 1.82) is 0 Å². The summed E-state index contributed by atoms with van der Waals surface area (Å²) >= 11 is 0. The number of hydrogen-bond acceptors (Lipinski definition) is 5. The van der Waals surface area contributed by atoms with Crippen molar-refractivity contribution < 1.29 is 4.42 Å². The molecule has 3 heterocycles. The van der Waals surface area contributed by atoms with Gasteiger partial charge in [-0.1, -0.05) is 109 Å². The summed E-state index contributed by atoms with van der Waals surface area (Å²) < 4.78 is 6.26. The van der Waals surface area contributed by atoms with Gasteiger partial charge in [0.25, 0.3) is 0 Å². The van der Waals surface area contributed by atoms with Crippen LogP contribution in [-0.4, -0.2) is 19.9 Å². The highest BCUT2D eigenvalue weighted by molar-refractivity contribution is 6.14. The fourth-order valence-electron chi connectivity index (χ4n) is 7.12. The molecule has 0 amide bonds. The van der Waals surface area contributed by atoms with Crippen molar-refractivity contribution in [2.75, 3.05) is 0 Å². The second-order valence-corrected chi connectivity index (χ2v) is 12.7. The molecule has 0 aliphatic carbocycles. The van der Waals surface area contributed by atoms with E-state index in [0.29, 0.717) is 17.5 Å². The van der Waals surface area contributed by atoms with E-state index in [2.05, 4.69) is 102 Å². The van der Waals surface area contributed by atoms with Crippen molar-refractivity contribution >= 4 is 43.5 Å². The van der Waals surface area contributed by atoms with Crippen molar-refractivity contribution in [3.63, 3.8) is 0 Å². The van der Waals surface area contributed by atoms with Crippen LogP contribution in [0.4, 0.5) is 0 Å². The molecule has 0 aliphatic rings. The summed E-state index contributed by atoms with van der Waals surface area (Å²) in [7, 11) is 0. The molecular weight excluding hydrogens is 625 g/mol. The molecule has 7 aromatic carbocycles. The normalized spacial score (nSPS) is 11.5. The molecule has 5 heteroatoms. The van der Waals surface area contributed by atoms with Crippen LogP contribution in [0.25, 0.3) is 99.9 Å². The van der Waals surface area contributed by atoms with Crippen molar-refractivity contribution in [2.45, 2.75) is 0 Å². The lowest BCUT2D eigenvalue weighted by Crippen LogP contribution is -2.00. The second-order valence-electron chi connectivity index (χ2n) is 12.7. The van der Waals surface area contributed by atoms with E-state index in [1.54, 1.807) is 6.20 Å². The van der Waals surface area contributed by atoms with E-state index in [1.165, 1.54) is 21.5 Å². The second kappa shape index (κ2) is 11.9. The molecule has 5 nitrogen and oxygen atoms in total. The van der Waals surface area contributed by atoms with Gasteiger partial charge in [-0.2, -0.15) is 0 Å². The van der Waals surface area contributed by atoms with Crippen molar-refractivity contribution in [2.24, 2.45) is 0 Å². The number of aromatic nitrogens is 4. The predicted molar refractivity (Wildman–Crippen MR) is 207 cm³/mol. The van der Waals surface area contributed by atoms with E-state index in [0.717, 1.165) is 60.9 Å². The Balaban J connectivity index is 1.22. The van der Waals surface area contributed by atoms with Gasteiger partial charge in [0, 0.05) is 45.4 Å². The van der Waals surface area contributed by atoms with Crippen molar-refractivity contribution in [1.82, 2.24) is 19.9 Å². The maximum absolute atomic E-state index is 6.26. The number of fused-ring (bicyclic) bond motifs is 6. The van der Waals surface area contributed by atoms with Gasteiger partial charge in [0.15, 0.2) is 17.5 Å². The minimum absolute atomic E-state index is 0.575. The Morgan fingerprint density at radius 1 is 0.353 bits per heavy atom. The third-order valence-electron chi connectivity index (χ3n) is 9.57. The molecule has 0 unspecified atom stereocenters. The molecule has 0 atom stereocenters. The first-order valence-electron chi connectivity index (χ1n) is 17.0. The van der Waals surface area contributed by atoms with Crippen molar-refractivity contribution in [3.05, 3.63) is 170 Å². The molecule has 0 spiro atoms. The Morgan fingerprint density at radius 3 is 1.80 bits per heavy atom. The Morgan fingerprint density at radius 2 is 0.980 bits per heavy atom. The summed E-state index contributed by atoms with van der Waals surface area (Å²) in [5, 5.41) is 6.97. The first kappa shape index (κ1) is 29.0. The first-order chi connectivity index (χ1) is 25.2. The van der Waals surface area contributed by atoms with Crippen LogP contribution >= 0.6 is 0 Å². The summed E-state index contributed by atoms with van der Waals surface area (Å²) in [5.74, 6) is 1.76. The highest BCUT2D eigenvalue weighted by Gasteiger charge is 2.17. The Bertz CT molecular complexity index is 2920. The molecule has 0 saturated heterocycles. The molecule has 0 radical (unpaired) electrons. The zero-order chi connectivity index (χ0) is 33.7. The van der Waals surface area contributed by atoms with Crippen LogP contribution in [-0.2, 0) is 0 Å². The lowest BCUT2D eigenvalue weighted by molar-refractivity contribution is 0.669. The van der Waals surface area contributed by atoms with E-state index < -0.39 is 0 Å². The summed E-state index contributed by atoms with van der Waals surface area (Å²) in [6.07, 6.45) is 3.70. The zero-order valence-corrected chi connectivity index (χ0v) is 27.4. The molecule has 51 heavy (non-hydrogen) atoms. The molecule has 10 aromatic rings. The monoisotopic (exact) mass is 652 g/mol. The fourth-order valence-corrected chi connectivity index (χ4v) is 7.12. The van der Waals surface area contributed by atoms with Crippen LogP contribution in [0.2, 0.25) is 0 Å². The summed E-state index contributed by atoms with van der Waals surface area (Å²) in [6.45, 7) is 0. The molecule has 0 saturated carbocycles. The van der Waals surface area contributed by atoms with Gasteiger partial charge in [-0.15, -0.1) is 0 Å². The number of hydrogen-bond donors (Lipinski definition) is 0. The van der Waals surface area contributed by atoms with E-state index in [4.69, 9.17) is 19.4 Å². The molecule has 0 fully saturated rings. The average molecular weight is 653 g/mol. The number of furan rings is 1. The molecule has 0 aliphatic heterocycles.